The van der Waals surface area contributed by atoms with Gasteiger partial charge in [-0.2, -0.15) is 0 Å². The van der Waals surface area contributed by atoms with Crippen LogP contribution in [0.1, 0.15) is 24.4 Å². The third kappa shape index (κ3) is 6.52. The molecule has 0 aliphatic carbocycles. The molecule has 1 aromatic rings. The molecule has 1 aliphatic heterocycles. The number of carbonyl (C=O) groups excluding carboxylic acids is 2. The molecule has 2 rings (SSSR count). The van der Waals surface area contributed by atoms with Gasteiger partial charge in [-0.15, -0.1) is 0 Å². The van der Waals surface area contributed by atoms with Gasteiger partial charge in [-0.1, -0.05) is 12.1 Å². The van der Waals surface area contributed by atoms with Crippen molar-refractivity contribution in [2.45, 2.75) is 18.9 Å². The van der Waals surface area contributed by atoms with E-state index in [4.69, 9.17) is 0 Å². The second-order valence-corrected chi connectivity index (χ2v) is 7.51. The molecule has 0 radical (unpaired) electrons. The number of hydrogen-bond donors (Lipinski definition) is 2. The lowest BCUT2D eigenvalue weighted by Crippen LogP contribution is -2.45. The van der Waals surface area contributed by atoms with Gasteiger partial charge in [-0.05, 0) is 57.7 Å². The highest BCUT2D eigenvalue weighted by Crippen LogP contribution is 2.26. The molecule has 1 unspecified atom stereocenters. The van der Waals surface area contributed by atoms with Crippen LogP contribution in [-0.2, 0) is 9.59 Å². The summed E-state index contributed by atoms with van der Waals surface area (Å²) in [4.78, 5) is 30.5. The van der Waals surface area contributed by atoms with Crippen molar-refractivity contribution in [3.63, 3.8) is 0 Å². The van der Waals surface area contributed by atoms with E-state index < -0.39 is 11.8 Å². The molecule has 2 N–H and O–H groups in total. The maximum Gasteiger partial charge on any atom is 0.309 e. The summed E-state index contributed by atoms with van der Waals surface area (Å²) in [7, 11) is 7.88. The first-order chi connectivity index (χ1) is 12.9. The zero-order valence-electron chi connectivity index (χ0n) is 17.0. The number of amides is 2. The Morgan fingerprint density at radius 3 is 2.15 bits per heavy atom. The van der Waals surface area contributed by atoms with Gasteiger partial charge in [0.05, 0.1) is 6.04 Å². The molecular formula is C20H33N5O2. The average Bonchev–Trinajstić information content (AvgIpc) is 3.16. The van der Waals surface area contributed by atoms with Crippen molar-refractivity contribution < 1.29 is 9.59 Å². The predicted molar refractivity (Wildman–Crippen MR) is 109 cm³/mol. The SMILES string of the molecule is CN(C)CCNC(=O)C(=O)NCC(c1ccc(N(C)C)cc1)N1CCCC1. The average molecular weight is 376 g/mol. The summed E-state index contributed by atoms with van der Waals surface area (Å²) >= 11 is 0. The number of nitrogens with one attached hydrogen (secondary N) is 2. The number of hydrogen-bond acceptors (Lipinski definition) is 5. The molecule has 7 nitrogen and oxygen atoms in total. The first kappa shape index (κ1) is 21.2. The molecule has 150 valence electrons. The van der Waals surface area contributed by atoms with Crippen molar-refractivity contribution in [1.82, 2.24) is 20.4 Å². The summed E-state index contributed by atoms with van der Waals surface area (Å²) in [5.74, 6) is -1.14. The fourth-order valence-corrected chi connectivity index (χ4v) is 3.25. The molecule has 0 aromatic heterocycles. The van der Waals surface area contributed by atoms with Crippen molar-refractivity contribution in [2.75, 3.05) is 65.8 Å². The molecule has 1 saturated heterocycles. The van der Waals surface area contributed by atoms with Crippen molar-refractivity contribution >= 4 is 17.5 Å². The van der Waals surface area contributed by atoms with Crippen molar-refractivity contribution in [3.8, 4) is 0 Å². The van der Waals surface area contributed by atoms with Gasteiger partial charge in [0.25, 0.3) is 0 Å². The summed E-state index contributed by atoms with van der Waals surface area (Å²) in [6, 6.07) is 8.49. The first-order valence-corrected chi connectivity index (χ1v) is 9.60. The van der Waals surface area contributed by atoms with Crippen molar-refractivity contribution in [2.24, 2.45) is 0 Å². The molecule has 0 spiro atoms. The number of likely N-dealkylation sites (N-methyl/N-ethyl adjacent to an activating group) is 1. The zero-order chi connectivity index (χ0) is 19.8. The van der Waals surface area contributed by atoms with Gasteiger partial charge in [0.15, 0.2) is 0 Å². The second kappa shape index (κ2) is 10.3. The van der Waals surface area contributed by atoms with Gasteiger partial charge in [-0.25, -0.2) is 0 Å². The minimum atomic E-state index is -0.569. The highest BCUT2D eigenvalue weighted by molar-refractivity contribution is 6.35. The van der Waals surface area contributed by atoms with Gasteiger partial charge in [-0.3, -0.25) is 14.5 Å². The Hall–Kier alpha value is -2.12. The Morgan fingerprint density at radius 2 is 1.59 bits per heavy atom. The summed E-state index contributed by atoms with van der Waals surface area (Å²) in [6.07, 6.45) is 2.34. The van der Waals surface area contributed by atoms with E-state index in [1.165, 1.54) is 12.8 Å². The van der Waals surface area contributed by atoms with Crippen LogP contribution in [0.4, 0.5) is 5.69 Å². The Morgan fingerprint density at radius 1 is 1.00 bits per heavy atom. The highest BCUT2D eigenvalue weighted by atomic mass is 16.2. The van der Waals surface area contributed by atoms with E-state index in [-0.39, 0.29) is 6.04 Å². The molecular weight excluding hydrogens is 342 g/mol. The van der Waals surface area contributed by atoms with Crippen LogP contribution < -0.4 is 15.5 Å². The quantitative estimate of drug-likeness (QED) is 0.654. The smallest absolute Gasteiger partial charge is 0.309 e. The number of carbonyl (C=O) groups is 2. The zero-order valence-corrected chi connectivity index (χ0v) is 17.0. The van der Waals surface area contributed by atoms with E-state index in [2.05, 4.69) is 44.7 Å². The molecule has 0 saturated carbocycles. The molecule has 27 heavy (non-hydrogen) atoms. The summed E-state index contributed by atoms with van der Waals surface area (Å²) in [5.41, 5.74) is 2.30. The van der Waals surface area contributed by atoms with Gasteiger partial charge in [0.2, 0.25) is 0 Å². The Bertz CT molecular complexity index is 609. The van der Waals surface area contributed by atoms with Gasteiger partial charge >= 0.3 is 11.8 Å². The van der Waals surface area contributed by atoms with Crippen LogP contribution in [0, 0.1) is 0 Å². The minimum Gasteiger partial charge on any atom is -0.378 e. The molecule has 7 heteroatoms. The van der Waals surface area contributed by atoms with E-state index >= 15 is 0 Å². The van der Waals surface area contributed by atoms with E-state index in [9.17, 15) is 9.59 Å². The maximum absolute atomic E-state index is 12.2. The third-order valence-electron chi connectivity index (χ3n) is 4.88. The van der Waals surface area contributed by atoms with Crippen LogP contribution in [0.2, 0.25) is 0 Å². The van der Waals surface area contributed by atoms with Crippen LogP contribution in [0.5, 0.6) is 0 Å². The van der Waals surface area contributed by atoms with Gasteiger partial charge in [0, 0.05) is 39.4 Å². The number of likely N-dealkylation sites (tertiary alicyclic amines) is 1. The lowest BCUT2D eigenvalue weighted by atomic mass is 10.0. The van der Waals surface area contributed by atoms with Crippen LogP contribution in [-0.4, -0.2) is 82.5 Å². The summed E-state index contributed by atoms with van der Waals surface area (Å²) in [6.45, 7) is 3.63. The molecule has 2 amide bonds. The lowest BCUT2D eigenvalue weighted by molar-refractivity contribution is -0.139. The Kier molecular flexibility index (Phi) is 8.06. The van der Waals surface area contributed by atoms with Crippen LogP contribution >= 0.6 is 0 Å². The Labute approximate surface area is 162 Å². The topological polar surface area (TPSA) is 67.9 Å². The first-order valence-electron chi connectivity index (χ1n) is 9.60. The van der Waals surface area contributed by atoms with E-state index in [0.717, 1.165) is 24.3 Å². The largest absolute Gasteiger partial charge is 0.378 e. The normalized spacial score (nSPS) is 15.6. The fourth-order valence-electron chi connectivity index (χ4n) is 3.25. The lowest BCUT2D eigenvalue weighted by Gasteiger charge is -2.28. The number of benzene rings is 1. The standard InChI is InChI=1S/C20H33N5O2/c1-23(2)14-11-21-19(26)20(27)22-15-18(25-12-5-6-13-25)16-7-9-17(10-8-16)24(3)4/h7-10,18H,5-6,11-15H2,1-4H3,(H,21,26)(H,22,27). The molecule has 1 fully saturated rings. The minimum absolute atomic E-state index is 0.0854. The molecule has 1 heterocycles. The summed E-state index contributed by atoms with van der Waals surface area (Å²) in [5, 5.41) is 5.47. The van der Waals surface area contributed by atoms with Crippen LogP contribution in [0.3, 0.4) is 0 Å². The van der Waals surface area contributed by atoms with Gasteiger partial charge in [0.1, 0.15) is 0 Å². The predicted octanol–water partition coefficient (Wildman–Crippen LogP) is 0.684. The second-order valence-electron chi connectivity index (χ2n) is 7.51. The van der Waals surface area contributed by atoms with Crippen LogP contribution in [0.25, 0.3) is 0 Å². The number of rotatable bonds is 8. The maximum atomic E-state index is 12.2. The van der Waals surface area contributed by atoms with Gasteiger partial charge < -0.3 is 20.4 Å². The number of nitrogens with zero attached hydrogens (tertiary/aromatic N) is 3. The number of anilines is 1. The van der Waals surface area contributed by atoms with E-state index in [1.807, 2.05) is 33.1 Å². The van der Waals surface area contributed by atoms with Crippen molar-refractivity contribution in [3.05, 3.63) is 29.8 Å². The highest BCUT2D eigenvalue weighted by Gasteiger charge is 2.25. The van der Waals surface area contributed by atoms with E-state index in [0.29, 0.717) is 19.6 Å². The summed E-state index contributed by atoms with van der Waals surface area (Å²) < 4.78 is 0. The monoisotopic (exact) mass is 375 g/mol. The van der Waals surface area contributed by atoms with Crippen molar-refractivity contribution in [1.29, 1.82) is 0 Å². The molecule has 1 aliphatic rings. The molecule has 1 aromatic carbocycles. The Balaban J connectivity index is 1.96. The fraction of sp³-hybridized carbons (Fsp3) is 0.600. The van der Waals surface area contributed by atoms with Crippen LogP contribution in [0.15, 0.2) is 24.3 Å². The van der Waals surface area contributed by atoms with E-state index in [1.54, 1.807) is 0 Å². The third-order valence-corrected chi connectivity index (χ3v) is 4.88. The molecule has 1 atom stereocenters. The molecule has 0 bridgehead atoms.